The molecule has 1 fully saturated rings. The number of benzene rings is 2. The average molecular weight is 419 g/mol. The van der Waals surface area contributed by atoms with Crippen molar-refractivity contribution in [3.63, 3.8) is 0 Å². The van der Waals surface area contributed by atoms with Crippen LogP contribution in [0.15, 0.2) is 47.3 Å². The Hall–Kier alpha value is -2.66. The van der Waals surface area contributed by atoms with Crippen molar-refractivity contribution in [1.29, 1.82) is 0 Å². The number of piperidine rings is 1. The van der Waals surface area contributed by atoms with E-state index in [9.17, 15) is 4.79 Å². The van der Waals surface area contributed by atoms with Crippen LogP contribution in [0.25, 0.3) is 22.0 Å². The second-order valence-electron chi connectivity index (χ2n) is 9.49. The smallest absolute Gasteiger partial charge is 0.261 e. The summed E-state index contributed by atoms with van der Waals surface area (Å²) in [6.07, 6.45) is 2.35. The van der Waals surface area contributed by atoms with Gasteiger partial charge in [-0.3, -0.25) is 9.36 Å². The number of likely N-dealkylation sites (tertiary alicyclic amines) is 1. The third kappa shape index (κ3) is 4.52. The van der Waals surface area contributed by atoms with E-state index in [-0.39, 0.29) is 11.5 Å². The molecule has 1 aliphatic heterocycles. The summed E-state index contributed by atoms with van der Waals surface area (Å²) in [5, 5.41) is 0.690. The van der Waals surface area contributed by atoms with Crippen LogP contribution < -0.4 is 11.3 Å². The fourth-order valence-corrected chi connectivity index (χ4v) is 4.68. The van der Waals surface area contributed by atoms with Gasteiger partial charge in [0.05, 0.1) is 10.9 Å². The summed E-state index contributed by atoms with van der Waals surface area (Å²) in [4.78, 5) is 21.1. The van der Waals surface area contributed by atoms with Gasteiger partial charge in [0.15, 0.2) is 0 Å². The minimum absolute atomic E-state index is 0.0765. The van der Waals surface area contributed by atoms with E-state index in [4.69, 9.17) is 10.7 Å². The molecule has 164 valence electrons. The van der Waals surface area contributed by atoms with Crippen LogP contribution in [0.5, 0.6) is 0 Å². The van der Waals surface area contributed by atoms with Crippen molar-refractivity contribution in [3.05, 3.63) is 58.6 Å². The van der Waals surface area contributed by atoms with E-state index >= 15 is 0 Å². The minimum atomic E-state index is 0.0765. The van der Waals surface area contributed by atoms with Crippen molar-refractivity contribution in [2.75, 3.05) is 18.8 Å². The van der Waals surface area contributed by atoms with Crippen molar-refractivity contribution in [3.8, 4) is 11.1 Å². The number of nitrogens with two attached hydrogens (primary N) is 1. The number of hydrogen-bond acceptors (Lipinski definition) is 4. The number of anilines is 1. The maximum absolute atomic E-state index is 13.7. The molecule has 1 aliphatic rings. The second-order valence-corrected chi connectivity index (χ2v) is 9.49. The van der Waals surface area contributed by atoms with Gasteiger partial charge in [-0.25, -0.2) is 4.98 Å². The van der Waals surface area contributed by atoms with Crippen molar-refractivity contribution in [1.82, 2.24) is 14.5 Å². The van der Waals surface area contributed by atoms with Gasteiger partial charge in [0.2, 0.25) is 0 Å². The highest BCUT2D eigenvalue weighted by Gasteiger charge is 2.24. The van der Waals surface area contributed by atoms with E-state index < -0.39 is 0 Å². The summed E-state index contributed by atoms with van der Waals surface area (Å²) in [6.45, 7) is 11.7. The van der Waals surface area contributed by atoms with Crippen molar-refractivity contribution in [2.24, 2.45) is 5.92 Å². The van der Waals surface area contributed by atoms with Gasteiger partial charge in [-0.1, -0.05) is 32.0 Å². The van der Waals surface area contributed by atoms with Crippen LogP contribution in [0.1, 0.15) is 52.3 Å². The molecule has 0 aliphatic carbocycles. The molecule has 1 aromatic heterocycles. The maximum Gasteiger partial charge on any atom is 0.261 e. The van der Waals surface area contributed by atoms with Crippen LogP contribution in [0.2, 0.25) is 0 Å². The zero-order chi connectivity index (χ0) is 22.1. The standard InChI is InChI=1S/C26H34N4O/c1-17(2)25-28-24-12-9-21(20-7-10-22(27)11-8-20)14-23(24)26(31)30(25)16-19-6-5-13-29(15-19)18(3)4/h7-12,14,17-19H,5-6,13,15-16,27H2,1-4H3/t19-/m0/s1. The number of aromatic nitrogens is 2. The van der Waals surface area contributed by atoms with Gasteiger partial charge in [0.1, 0.15) is 5.82 Å². The topological polar surface area (TPSA) is 64.1 Å². The maximum atomic E-state index is 13.7. The van der Waals surface area contributed by atoms with E-state index in [0.717, 1.165) is 54.2 Å². The first-order valence-corrected chi connectivity index (χ1v) is 11.5. The van der Waals surface area contributed by atoms with Crippen molar-refractivity contribution >= 4 is 16.6 Å². The van der Waals surface area contributed by atoms with Crippen LogP contribution in [0, 0.1) is 5.92 Å². The molecular weight excluding hydrogens is 384 g/mol. The molecule has 0 bridgehead atoms. The van der Waals surface area contributed by atoms with E-state index in [1.54, 1.807) is 0 Å². The number of fused-ring (bicyclic) bond motifs is 1. The molecule has 0 amide bonds. The quantitative estimate of drug-likeness (QED) is 0.599. The summed E-state index contributed by atoms with van der Waals surface area (Å²) in [7, 11) is 0. The second kappa shape index (κ2) is 8.83. The molecule has 0 radical (unpaired) electrons. The Balaban J connectivity index is 1.75. The van der Waals surface area contributed by atoms with Crippen molar-refractivity contribution in [2.45, 2.75) is 59.0 Å². The number of nitrogens with zero attached hydrogens (tertiary/aromatic N) is 3. The van der Waals surface area contributed by atoms with E-state index in [2.05, 4.69) is 32.6 Å². The highest BCUT2D eigenvalue weighted by atomic mass is 16.1. The summed E-state index contributed by atoms with van der Waals surface area (Å²) in [5.41, 5.74) is 9.48. The molecule has 5 heteroatoms. The highest BCUT2D eigenvalue weighted by Crippen LogP contribution is 2.26. The lowest BCUT2D eigenvalue weighted by Crippen LogP contribution is -2.42. The third-order valence-corrected chi connectivity index (χ3v) is 6.47. The molecule has 2 heterocycles. The largest absolute Gasteiger partial charge is 0.399 e. The van der Waals surface area contributed by atoms with Gasteiger partial charge in [0.25, 0.3) is 5.56 Å². The van der Waals surface area contributed by atoms with Crippen LogP contribution in [-0.4, -0.2) is 33.6 Å². The van der Waals surface area contributed by atoms with Gasteiger partial charge in [-0.15, -0.1) is 0 Å². The molecule has 0 unspecified atom stereocenters. The Morgan fingerprint density at radius 3 is 2.45 bits per heavy atom. The van der Waals surface area contributed by atoms with E-state index in [1.807, 2.05) is 47.0 Å². The highest BCUT2D eigenvalue weighted by molar-refractivity contribution is 5.84. The zero-order valence-electron chi connectivity index (χ0n) is 19.1. The van der Waals surface area contributed by atoms with Crippen LogP contribution in [-0.2, 0) is 6.54 Å². The molecule has 0 spiro atoms. The summed E-state index contributed by atoms with van der Waals surface area (Å²) < 4.78 is 1.95. The van der Waals surface area contributed by atoms with Gasteiger partial charge in [-0.2, -0.15) is 0 Å². The Bertz CT molecular complexity index is 1110. The lowest BCUT2D eigenvalue weighted by molar-refractivity contribution is 0.129. The third-order valence-electron chi connectivity index (χ3n) is 6.47. The monoisotopic (exact) mass is 418 g/mol. The first kappa shape index (κ1) is 21.6. The molecule has 4 rings (SSSR count). The van der Waals surface area contributed by atoms with Crippen LogP contribution >= 0.6 is 0 Å². The summed E-state index contributed by atoms with van der Waals surface area (Å²) in [6, 6.07) is 14.3. The number of hydrogen-bond donors (Lipinski definition) is 1. The van der Waals surface area contributed by atoms with Gasteiger partial charge in [0, 0.05) is 30.7 Å². The predicted molar refractivity (Wildman–Crippen MR) is 129 cm³/mol. The average Bonchev–Trinajstić information content (AvgIpc) is 2.76. The molecule has 5 nitrogen and oxygen atoms in total. The SMILES string of the molecule is CC(C)c1nc2ccc(-c3ccc(N)cc3)cc2c(=O)n1C[C@H]1CCCN(C(C)C)C1. The fourth-order valence-electron chi connectivity index (χ4n) is 4.68. The minimum Gasteiger partial charge on any atom is -0.399 e. The van der Waals surface area contributed by atoms with Gasteiger partial charge < -0.3 is 10.6 Å². The molecule has 0 saturated carbocycles. The van der Waals surface area contributed by atoms with Crippen LogP contribution in [0.4, 0.5) is 5.69 Å². The normalized spacial score (nSPS) is 17.7. The fraction of sp³-hybridized carbons (Fsp3) is 0.462. The Labute approximate surface area is 184 Å². The lowest BCUT2D eigenvalue weighted by atomic mass is 9.96. The Kier molecular flexibility index (Phi) is 6.15. The lowest BCUT2D eigenvalue weighted by Gasteiger charge is -2.36. The van der Waals surface area contributed by atoms with Crippen molar-refractivity contribution < 1.29 is 0 Å². The first-order chi connectivity index (χ1) is 14.8. The van der Waals surface area contributed by atoms with Gasteiger partial charge >= 0.3 is 0 Å². The molecule has 2 N–H and O–H groups in total. The zero-order valence-corrected chi connectivity index (χ0v) is 19.1. The predicted octanol–water partition coefficient (Wildman–Crippen LogP) is 4.89. The number of nitrogen functional groups attached to an aromatic ring is 1. The van der Waals surface area contributed by atoms with E-state index in [1.165, 1.54) is 6.42 Å². The molecular formula is C26H34N4O. The molecule has 3 aromatic rings. The molecule has 31 heavy (non-hydrogen) atoms. The molecule has 1 saturated heterocycles. The molecule has 2 aromatic carbocycles. The van der Waals surface area contributed by atoms with E-state index in [0.29, 0.717) is 17.3 Å². The Morgan fingerprint density at radius 1 is 1.06 bits per heavy atom. The molecule has 1 atom stereocenters. The number of rotatable bonds is 5. The first-order valence-electron chi connectivity index (χ1n) is 11.5. The Morgan fingerprint density at radius 2 is 1.77 bits per heavy atom. The summed E-state index contributed by atoms with van der Waals surface area (Å²) in [5.74, 6) is 1.56. The summed E-state index contributed by atoms with van der Waals surface area (Å²) >= 11 is 0. The van der Waals surface area contributed by atoms with Gasteiger partial charge in [-0.05, 0) is 74.5 Å². The van der Waals surface area contributed by atoms with Crippen LogP contribution in [0.3, 0.4) is 0 Å².